The van der Waals surface area contributed by atoms with Gasteiger partial charge in [-0.3, -0.25) is 4.90 Å². The SMILES string of the molecule is CC1CCN(C/C=C/Cl)CC1(F)F. The predicted molar refractivity (Wildman–Crippen MR) is 50.2 cm³/mol. The number of piperidine rings is 1. The molecule has 0 aromatic rings. The molecule has 1 rings (SSSR count). The number of alkyl halides is 2. The van der Waals surface area contributed by atoms with Crippen molar-refractivity contribution in [1.29, 1.82) is 0 Å². The van der Waals surface area contributed by atoms with Crippen LogP contribution in [0.2, 0.25) is 0 Å². The second kappa shape index (κ2) is 4.38. The Kier molecular flexibility index (Phi) is 3.68. The maximum absolute atomic E-state index is 13.2. The van der Waals surface area contributed by atoms with Gasteiger partial charge in [-0.1, -0.05) is 24.6 Å². The van der Waals surface area contributed by atoms with Crippen LogP contribution in [0, 0.1) is 5.92 Å². The summed E-state index contributed by atoms with van der Waals surface area (Å²) < 4.78 is 26.4. The van der Waals surface area contributed by atoms with Gasteiger partial charge in [0.1, 0.15) is 0 Å². The third-order valence-corrected chi connectivity index (χ3v) is 2.66. The molecule has 0 saturated carbocycles. The van der Waals surface area contributed by atoms with E-state index in [1.807, 2.05) is 0 Å². The first kappa shape index (κ1) is 10.9. The normalized spacial score (nSPS) is 29.7. The molecular formula is C9H14ClF2N. The standard InChI is InChI=1S/C9H14ClF2N/c1-8-3-6-13(5-2-4-10)7-9(8,11)12/h2,4,8H,3,5-7H2,1H3/b4-2+. The van der Waals surface area contributed by atoms with Crippen molar-refractivity contribution in [3.8, 4) is 0 Å². The highest BCUT2D eigenvalue weighted by Gasteiger charge is 2.41. The monoisotopic (exact) mass is 209 g/mol. The lowest BCUT2D eigenvalue weighted by Crippen LogP contribution is -2.47. The fraction of sp³-hybridized carbons (Fsp3) is 0.778. The van der Waals surface area contributed by atoms with Gasteiger partial charge in [-0.05, 0) is 13.0 Å². The lowest BCUT2D eigenvalue weighted by molar-refractivity contribution is -0.102. The highest BCUT2D eigenvalue weighted by Crippen LogP contribution is 2.31. The molecule has 4 heteroatoms. The maximum Gasteiger partial charge on any atom is 0.263 e. The Balaban J connectivity index is 2.46. The molecule has 0 aromatic heterocycles. The number of likely N-dealkylation sites (tertiary alicyclic amines) is 1. The van der Waals surface area contributed by atoms with Crippen molar-refractivity contribution < 1.29 is 8.78 Å². The summed E-state index contributed by atoms with van der Waals surface area (Å²) in [5.74, 6) is -3.04. The van der Waals surface area contributed by atoms with Crippen molar-refractivity contribution in [3.63, 3.8) is 0 Å². The molecule has 0 spiro atoms. The van der Waals surface area contributed by atoms with Crippen molar-refractivity contribution in [3.05, 3.63) is 11.6 Å². The second-order valence-corrected chi connectivity index (χ2v) is 3.80. The highest BCUT2D eigenvalue weighted by atomic mass is 35.5. The van der Waals surface area contributed by atoms with E-state index in [2.05, 4.69) is 0 Å². The Labute approximate surface area is 82.4 Å². The molecule has 1 saturated heterocycles. The summed E-state index contributed by atoms with van der Waals surface area (Å²) >= 11 is 5.33. The molecule has 1 aliphatic rings. The van der Waals surface area contributed by atoms with Gasteiger partial charge in [-0.25, -0.2) is 8.78 Å². The molecule has 1 nitrogen and oxygen atoms in total. The topological polar surface area (TPSA) is 3.24 Å². The molecule has 1 atom stereocenters. The number of nitrogens with zero attached hydrogens (tertiary/aromatic N) is 1. The zero-order valence-corrected chi connectivity index (χ0v) is 8.40. The fourth-order valence-corrected chi connectivity index (χ4v) is 1.54. The summed E-state index contributed by atoms with van der Waals surface area (Å²) in [4.78, 5) is 1.72. The van der Waals surface area contributed by atoms with Gasteiger partial charge in [0.15, 0.2) is 0 Å². The molecule has 0 amide bonds. The van der Waals surface area contributed by atoms with E-state index in [1.54, 1.807) is 17.9 Å². The highest BCUT2D eigenvalue weighted by molar-refractivity contribution is 6.25. The van der Waals surface area contributed by atoms with E-state index in [1.165, 1.54) is 5.54 Å². The second-order valence-electron chi connectivity index (χ2n) is 3.55. The Bertz CT molecular complexity index is 194. The van der Waals surface area contributed by atoms with Gasteiger partial charge in [0, 0.05) is 18.0 Å². The molecule has 0 N–H and O–H groups in total. The van der Waals surface area contributed by atoms with E-state index in [0.29, 0.717) is 13.0 Å². The maximum atomic E-state index is 13.2. The largest absolute Gasteiger partial charge is 0.294 e. The van der Waals surface area contributed by atoms with E-state index in [9.17, 15) is 8.78 Å². The molecule has 76 valence electrons. The van der Waals surface area contributed by atoms with Crippen molar-refractivity contribution in [1.82, 2.24) is 4.90 Å². The Morgan fingerprint density at radius 2 is 2.31 bits per heavy atom. The lowest BCUT2D eigenvalue weighted by Gasteiger charge is -2.36. The zero-order chi connectivity index (χ0) is 9.90. The summed E-state index contributed by atoms with van der Waals surface area (Å²) in [6.07, 6.45) is 2.25. The van der Waals surface area contributed by atoms with Crippen LogP contribution in [-0.4, -0.2) is 30.5 Å². The van der Waals surface area contributed by atoms with Gasteiger partial charge in [0.05, 0.1) is 6.54 Å². The van der Waals surface area contributed by atoms with E-state index < -0.39 is 11.8 Å². The van der Waals surface area contributed by atoms with Gasteiger partial charge >= 0.3 is 0 Å². The molecule has 0 radical (unpaired) electrons. The summed E-state index contributed by atoms with van der Waals surface area (Å²) in [7, 11) is 0. The molecule has 13 heavy (non-hydrogen) atoms. The van der Waals surface area contributed by atoms with E-state index in [0.717, 1.165) is 6.54 Å². The minimum atomic E-state index is -2.54. The van der Waals surface area contributed by atoms with Crippen LogP contribution < -0.4 is 0 Å². The first-order valence-electron chi connectivity index (χ1n) is 4.41. The summed E-state index contributed by atoms with van der Waals surface area (Å²) in [5, 5.41) is 0. The predicted octanol–water partition coefficient (Wildman–Crippen LogP) is 2.72. The van der Waals surface area contributed by atoms with Crippen LogP contribution in [-0.2, 0) is 0 Å². The Morgan fingerprint density at radius 1 is 1.62 bits per heavy atom. The van der Waals surface area contributed by atoms with E-state index in [4.69, 9.17) is 11.6 Å². The van der Waals surface area contributed by atoms with Crippen molar-refractivity contribution in [2.24, 2.45) is 5.92 Å². The summed E-state index contributed by atoms with van der Waals surface area (Å²) in [5.41, 5.74) is 1.37. The first-order chi connectivity index (χ1) is 6.06. The number of rotatable bonds is 2. The van der Waals surface area contributed by atoms with Crippen molar-refractivity contribution in [2.45, 2.75) is 19.3 Å². The van der Waals surface area contributed by atoms with E-state index >= 15 is 0 Å². The van der Waals surface area contributed by atoms with Gasteiger partial charge in [-0.2, -0.15) is 0 Å². The molecule has 1 heterocycles. The number of hydrogen-bond donors (Lipinski definition) is 0. The molecule has 0 aromatic carbocycles. The van der Waals surface area contributed by atoms with Crippen molar-refractivity contribution in [2.75, 3.05) is 19.6 Å². The zero-order valence-electron chi connectivity index (χ0n) is 7.64. The molecular weight excluding hydrogens is 196 g/mol. The van der Waals surface area contributed by atoms with Gasteiger partial charge in [0.25, 0.3) is 5.92 Å². The molecule has 1 unspecified atom stereocenters. The van der Waals surface area contributed by atoms with Crippen LogP contribution in [0.15, 0.2) is 11.6 Å². The Morgan fingerprint density at radius 3 is 2.85 bits per heavy atom. The average molecular weight is 210 g/mol. The lowest BCUT2D eigenvalue weighted by atomic mass is 9.95. The summed E-state index contributed by atoms with van der Waals surface area (Å²) in [6, 6.07) is 0. The van der Waals surface area contributed by atoms with Crippen LogP contribution in [0.1, 0.15) is 13.3 Å². The van der Waals surface area contributed by atoms with Crippen LogP contribution in [0.4, 0.5) is 8.78 Å². The molecule has 1 fully saturated rings. The van der Waals surface area contributed by atoms with Gasteiger partial charge in [-0.15, -0.1) is 0 Å². The minimum absolute atomic E-state index is 0.143. The van der Waals surface area contributed by atoms with Crippen LogP contribution in [0.5, 0.6) is 0 Å². The van der Waals surface area contributed by atoms with Crippen molar-refractivity contribution >= 4 is 11.6 Å². The van der Waals surface area contributed by atoms with Gasteiger partial charge in [0.2, 0.25) is 0 Å². The smallest absolute Gasteiger partial charge is 0.263 e. The molecule has 1 aliphatic heterocycles. The van der Waals surface area contributed by atoms with Crippen LogP contribution in [0.25, 0.3) is 0 Å². The quantitative estimate of drug-likeness (QED) is 0.676. The summed E-state index contributed by atoms with van der Waals surface area (Å²) in [6.45, 7) is 2.72. The molecule has 0 bridgehead atoms. The van der Waals surface area contributed by atoms with Crippen LogP contribution in [0.3, 0.4) is 0 Å². The fourth-order valence-electron chi connectivity index (χ4n) is 1.47. The molecule has 0 aliphatic carbocycles. The van der Waals surface area contributed by atoms with Gasteiger partial charge < -0.3 is 0 Å². The minimum Gasteiger partial charge on any atom is -0.294 e. The first-order valence-corrected chi connectivity index (χ1v) is 4.85. The number of halogens is 3. The number of hydrogen-bond acceptors (Lipinski definition) is 1. The van der Waals surface area contributed by atoms with Crippen LogP contribution >= 0.6 is 11.6 Å². The third-order valence-electron chi connectivity index (χ3n) is 2.49. The average Bonchev–Trinajstić information content (AvgIpc) is 2.07. The van der Waals surface area contributed by atoms with E-state index in [-0.39, 0.29) is 6.54 Å². The third kappa shape index (κ3) is 2.92. The Hall–Kier alpha value is -0.150.